The van der Waals surface area contributed by atoms with Crippen molar-refractivity contribution >= 4 is 19.8 Å². The fourth-order valence-electron chi connectivity index (χ4n) is 9.48. The van der Waals surface area contributed by atoms with Crippen molar-refractivity contribution in [3.63, 3.8) is 0 Å². The first kappa shape index (κ1) is 75.7. The standard InChI is InChI=1S/C68H126NO8P/c1-6-8-10-12-14-16-18-20-22-24-26-28-30-31-32-33-34-35-36-37-39-41-43-45-47-49-51-53-55-57-59-61-68(71)77-66(65-76-78(72,73)75-63-62-69(3,4)5)64-74-67(70)60-58-56-54-52-50-48-46-44-42-40-38-29-27-25-23-21-19-17-15-13-11-9-7-2/h8,10,14,16,20,22,25-28,66H,6-7,9,11-13,15,17-19,21,23-24,29-65H2,1-5H3/p+1/b10-8-,16-14-,22-20-,27-25-,28-26-. The van der Waals surface area contributed by atoms with E-state index in [0.717, 1.165) is 57.8 Å². The van der Waals surface area contributed by atoms with Crippen molar-refractivity contribution in [1.82, 2.24) is 0 Å². The number of carbonyl (C=O) groups is 2. The lowest BCUT2D eigenvalue weighted by molar-refractivity contribution is -0.870. The second-order valence-electron chi connectivity index (χ2n) is 23.5. The summed E-state index contributed by atoms with van der Waals surface area (Å²) in [5.41, 5.74) is 0. The molecule has 9 nitrogen and oxygen atoms in total. The SMILES string of the molecule is CC/C=C\C/C=C\C/C=C\C/C=C\CCCCCCCCCCCCCCCCCCCCC(=O)OC(COC(=O)CCCCCCCCCCCCC/C=C\CCCCCCCCCC)COP(=O)(O)OCC[N+](C)(C)C. The Labute approximate surface area is 483 Å². The van der Waals surface area contributed by atoms with Crippen LogP contribution >= 0.6 is 7.82 Å². The lowest BCUT2D eigenvalue weighted by atomic mass is 10.0. The van der Waals surface area contributed by atoms with E-state index in [9.17, 15) is 19.0 Å². The second-order valence-corrected chi connectivity index (χ2v) is 24.9. The third kappa shape index (κ3) is 62.9. The number of hydrogen-bond donors (Lipinski definition) is 1. The number of allylic oxidation sites excluding steroid dienone is 10. The van der Waals surface area contributed by atoms with Gasteiger partial charge in [-0.2, -0.15) is 0 Å². The molecule has 78 heavy (non-hydrogen) atoms. The first-order valence-electron chi connectivity index (χ1n) is 33.0. The number of hydrogen-bond acceptors (Lipinski definition) is 7. The van der Waals surface area contributed by atoms with Crippen molar-refractivity contribution in [3.8, 4) is 0 Å². The van der Waals surface area contributed by atoms with Gasteiger partial charge in [0.2, 0.25) is 0 Å². The van der Waals surface area contributed by atoms with Crippen molar-refractivity contribution < 1.29 is 42.1 Å². The van der Waals surface area contributed by atoms with Crippen molar-refractivity contribution in [2.24, 2.45) is 0 Å². The van der Waals surface area contributed by atoms with Crippen LogP contribution in [-0.4, -0.2) is 74.9 Å². The van der Waals surface area contributed by atoms with Gasteiger partial charge in [0.05, 0.1) is 27.7 Å². The smallest absolute Gasteiger partial charge is 0.462 e. The zero-order valence-corrected chi connectivity index (χ0v) is 52.8. The molecule has 0 saturated heterocycles. The number of carbonyl (C=O) groups excluding carboxylic acids is 2. The van der Waals surface area contributed by atoms with Crippen molar-refractivity contribution in [1.29, 1.82) is 0 Å². The molecule has 0 radical (unpaired) electrons. The van der Waals surface area contributed by atoms with Gasteiger partial charge < -0.3 is 18.9 Å². The molecule has 2 unspecified atom stereocenters. The molecular formula is C68H127NO8P+. The van der Waals surface area contributed by atoms with E-state index in [2.05, 4.69) is 74.6 Å². The van der Waals surface area contributed by atoms with Crippen LogP contribution < -0.4 is 0 Å². The quantitative estimate of drug-likeness (QED) is 0.0211. The van der Waals surface area contributed by atoms with Crippen LogP contribution in [0.5, 0.6) is 0 Å². The number of ether oxygens (including phenoxy) is 2. The summed E-state index contributed by atoms with van der Waals surface area (Å²) in [5.74, 6) is -0.784. The molecule has 456 valence electrons. The normalized spacial score (nSPS) is 13.6. The summed E-state index contributed by atoms with van der Waals surface area (Å²) < 4.78 is 34.7. The Kier molecular flexibility index (Phi) is 57.6. The van der Waals surface area contributed by atoms with E-state index < -0.39 is 26.5 Å². The second kappa shape index (κ2) is 59.3. The number of nitrogens with zero attached hydrogens (tertiary/aromatic N) is 1. The molecule has 0 rings (SSSR count). The summed E-state index contributed by atoms with van der Waals surface area (Å²) in [5, 5.41) is 0. The van der Waals surface area contributed by atoms with Gasteiger partial charge in [0.1, 0.15) is 19.8 Å². The van der Waals surface area contributed by atoms with Gasteiger partial charge in [-0.05, 0) is 77.0 Å². The molecule has 0 fully saturated rings. The number of esters is 2. The van der Waals surface area contributed by atoms with Gasteiger partial charge in [-0.1, -0.05) is 280 Å². The molecule has 2 atom stereocenters. The van der Waals surface area contributed by atoms with E-state index in [4.69, 9.17) is 18.5 Å². The minimum Gasteiger partial charge on any atom is -0.462 e. The fraction of sp³-hybridized carbons (Fsp3) is 0.824. The number of likely N-dealkylation sites (N-methyl/N-ethyl adjacent to an activating group) is 1. The molecule has 10 heteroatoms. The molecular weight excluding hydrogens is 990 g/mol. The molecule has 0 aliphatic heterocycles. The lowest BCUT2D eigenvalue weighted by Crippen LogP contribution is -2.37. The molecule has 0 saturated carbocycles. The summed E-state index contributed by atoms with van der Waals surface area (Å²) in [6.07, 6.45) is 77.4. The van der Waals surface area contributed by atoms with Crippen LogP contribution in [0.4, 0.5) is 0 Å². The Morgan fingerprint density at radius 1 is 0.410 bits per heavy atom. The van der Waals surface area contributed by atoms with E-state index in [1.807, 2.05) is 21.1 Å². The van der Waals surface area contributed by atoms with E-state index >= 15 is 0 Å². The van der Waals surface area contributed by atoms with E-state index in [-0.39, 0.29) is 25.6 Å². The number of phosphoric ester groups is 1. The summed E-state index contributed by atoms with van der Waals surface area (Å²) in [6.45, 7) is 4.37. The highest BCUT2D eigenvalue weighted by atomic mass is 31.2. The molecule has 0 aromatic carbocycles. The van der Waals surface area contributed by atoms with Crippen molar-refractivity contribution in [3.05, 3.63) is 60.8 Å². The van der Waals surface area contributed by atoms with Gasteiger partial charge >= 0.3 is 19.8 Å². The van der Waals surface area contributed by atoms with Gasteiger partial charge in [-0.15, -0.1) is 0 Å². The third-order valence-corrected chi connectivity index (χ3v) is 15.5. The average Bonchev–Trinajstić information content (AvgIpc) is 3.40. The molecule has 0 heterocycles. The van der Waals surface area contributed by atoms with Gasteiger partial charge in [0.25, 0.3) is 0 Å². The highest BCUT2D eigenvalue weighted by Gasteiger charge is 2.27. The predicted molar refractivity (Wildman–Crippen MR) is 335 cm³/mol. The van der Waals surface area contributed by atoms with Crippen LogP contribution in [0, 0.1) is 0 Å². The molecule has 0 aliphatic carbocycles. The zero-order valence-electron chi connectivity index (χ0n) is 51.9. The Balaban J connectivity index is 4.04. The molecule has 0 bridgehead atoms. The average molecular weight is 1120 g/mol. The Bertz CT molecular complexity index is 1500. The van der Waals surface area contributed by atoms with Crippen LogP contribution in [-0.2, 0) is 32.7 Å². The number of unbranched alkanes of at least 4 members (excludes halogenated alkanes) is 37. The molecule has 0 aromatic heterocycles. The molecule has 0 aliphatic rings. The zero-order chi connectivity index (χ0) is 57.0. The maximum Gasteiger partial charge on any atom is 0.472 e. The summed E-state index contributed by atoms with van der Waals surface area (Å²) >= 11 is 0. The van der Waals surface area contributed by atoms with Crippen LogP contribution in [0.25, 0.3) is 0 Å². The van der Waals surface area contributed by atoms with Crippen LogP contribution in [0.3, 0.4) is 0 Å². The van der Waals surface area contributed by atoms with E-state index in [1.165, 1.54) is 218 Å². The van der Waals surface area contributed by atoms with E-state index in [1.54, 1.807) is 0 Å². The van der Waals surface area contributed by atoms with Crippen molar-refractivity contribution in [2.75, 3.05) is 47.5 Å². The largest absolute Gasteiger partial charge is 0.472 e. The first-order chi connectivity index (χ1) is 38.0. The topological polar surface area (TPSA) is 108 Å². The monoisotopic (exact) mass is 1120 g/mol. The third-order valence-electron chi connectivity index (χ3n) is 14.5. The van der Waals surface area contributed by atoms with Crippen LogP contribution in [0.15, 0.2) is 60.8 Å². The van der Waals surface area contributed by atoms with Crippen LogP contribution in [0.2, 0.25) is 0 Å². The molecule has 1 N–H and O–H groups in total. The number of rotatable bonds is 61. The fourth-order valence-corrected chi connectivity index (χ4v) is 10.2. The number of quaternary nitrogens is 1. The summed E-state index contributed by atoms with van der Waals surface area (Å²) in [4.78, 5) is 35.8. The number of phosphoric acid groups is 1. The van der Waals surface area contributed by atoms with Gasteiger partial charge in [-0.25, -0.2) is 4.57 Å². The highest BCUT2D eigenvalue weighted by molar-refractivity contribution is 7.47. The van der Waals surface area contributed by atoms with Crippen LogP contribution in [0.1, 0.15) is 309 Å². The van der Waals surface area contributed by atoms with Gasteiger partial charge in [-0.3, -0.25) is 18.6 Å². The lowest BCUT2D eigenvalue weighted by Gasteiger charge is -2.24. The van der Waals surface area contributed by atoms with Gasteiger partial charge in [0.15, 0.2) is 6.10 Å². The predicted octanol–water partition coefficient (Wildman–Crippen LogP) is 21.0. The van der Waals surface area contributed by atoms with E-state index in [0.29, 0.717) is 23.9 Å². The molecule has 0 amide bonds. The van der Waals surface area contributed by atoms with Crippen molar-refractivity contribution in [2.45, 2.75) is 315 Å². The maximum atomic E-state index is 12.9. The summed E-state index contributed by atoms with van der Waals surface area (Å²) in [6, 6.07) is 0. The minimum atomic E-state index is -4.39. The minimum absolute atomic E-state index is 0.0323. The summed E-state index contributed by atoms with van der Waals surface area (Å²) in [7, 11) is 1.49. The first-order valence-corrected chi connectivity index (χ1v) is 34.5. The Morgan fingerprint density at radius 3 is 1.10 bits per heavy atom. The molecule has 0 aromatic rings. The van der Waals surface area contributed by atoms with Gasteiger partial charge in [0, 0.05) is 12.8 Å². The Morgan fingerprint density at radius 2 is 0.731 bits per heavy atom. The Hall–Kier alpha value is -2.29. The maximum absolute atomic E-state index is 12.9. The highest BCUT2D eigenvalue weighted by Crippen LogP contribution is 2.43. The molecule has 0 spiro atoms.